The molecule has 1 amide bonds. The Bertz CT molecular complexity index is 974. The Morgan fingerprint density at radius 3 is 2.44 bits per heavy atom. The van der Waals surface area contributed by atoms with Crippen LogP contribution in [0.5, 0.6) is 5.88 Å². The van der Waals surface area contributed by atoms with Crippen molar-refractivity contribution in [1.29, 1.82) is 0 Å². The van der Waals surface area contributed by atoms with Crippen molar-refractivity contribution in [3.05, 3.63) is 82.3 Å². The SMILES string of the molecule is COc1ncc(Cc2ccc(CC(N)=O)cc2)cc1-c1ccc(Cl)c(F)c1. The molecule has 1 heterocycles. The van der Waals surface area contributed by atoms with Crippen molar-refractivity contribution in [3.8, 4) is 17.0 Å². The lowest BCUT2D eigenvalue weighted by Gasteiger charge is -2.11. The summed E-state index contributed by atoms with van der Waals surface area (Å²) in [5, 5.41) is 0.0675. The fourth-order valence-corrected chi connectivity index (χ4v) is 2.95. The standard InChI is InChI=1S/C21H18ClFN2O2/c1-27-21-17(16-6-7-18(22)19(23)11-16)9-15(12-25-21)8-13-2-4-14(5-3-13)10-20(24)26/h2-7,9,11-12H,8,10H2,1H3,(H2,24,26). The Balaban J connectivity index is 1.88. The van der Waals surface area contributed by atoms with E-state index in [1.54, 1.807) is 12.3 Å². The molecule has 0 aliphatic heterocycles. The second-order valence-electron chi connectivity index (χ2n) is 6.17. The third-order valence-electron chi connectivity index (χ3n) is 4.14. The number of carbonyl (C=O) groups excluding carboxylic acids is 1. The van der Waals surface area contributed by atoms with Crippen LogP contribution in [0.3, 0.4) is 0 Å². The minimum absolute atomic E-state index is 0.0675. The average molecular weight is 385 g/mol. The highest BCUT2D eigenvalue weighted by Gasteiger charge is 2.11. The fraction of sp³-hybridized carbons (Fsp3) is 0.143. The van der Waals surface area contributed by atoms with Gasteiger partial charge in [-0.1, -0.05) is 41.9 Å². The lowest BCUT2D eigenvalue weighted by molar-refractivity contribution is -0.117. The number of nitrogens with zero attached hydrogens (tertiary/aromatic N) is 1. The average Bonchev–Trinajstić information content (AvgIpc) is 2.65. The number of ether oxygens (including phenoxy) is 1. The first-order valence-electron chi connectivity index (χ1n) is 8.30. The van der Waals surface area contributed by atoms with E-state index in [1.807, 2.05) is 30.3 Å². The van der Waals surface area contributed by atoms with E-state index in [9.17, 15) is 9.18 Å². The molecule has 0 spiro atoms. The molecular weight excluding hydrogens is 367 g/mol. The van der Waals surface area contributed by atoms with Gasteiger partial charge in [-0.3, -0.25) is 4.79 Å². The number of halogens is 2. The zero-order chi connectivity index (χ0) is 19.4. The van der Waals surface area contributed by atoms with Gasteiger partial charge in [0.25, 0.3) is 0 Å². The Labute approximate surface area is 161 Å². The molecule has 2 N–H and O–H groups in total. The number of hydrogen-bond acceptors (Lipinski definition) is 3. The summed E-state index contributed by atoms with van der Waals surface area (Å²) in [7, 11) is 1.52. The van der Waals surface area contributed by atoms with Crippen LogP contribution < -0.4 is 10.5 Å². The molecule has 2 aromatic carbocycles. The number of carbonyl (C=O) groups is 1. The monoisotopic (exact) mass is 384 g/mol. The van der Waals surface area contributed by atoms with Gasteiger partial charge in [-0.05, 0) is 46.9 Å². The smallest absolute Gasteiger partial charge is 0.221 e. The summed E-state index contributed by atoms with van der Waals surface area (Å²) in [6.07, 6.45) is 2.58. The quantitative estimate of drug-likeness (QED) is 0.693. The predicted octanol–water partition coefficient (Wildman–Crippen LogP) is 4.17. The molecule has 0 atom stereocenters. The van der Waals surface area contributed by atoms with Crippen LogP contribution in [-0.2, 0) is 17.6 Å². The Morgan fingerprint density at radius 2 is 1.81 bits per heavy atom. The molecule has 27 heavy (non-hydrogen) atoms. The van der Waals surface area contributed by atoms with Gasteiger partial charge in [0, 0.05) is 11.8 Å². The molecule has 3 aromatic rings. The van der Waals surface area contributed by atoms with Gasteiger partial charge in [0.1, 0.15) is 5.82 Å². The van der Waals surface area contributed by atoms with Gasteiger partial charge in [0.2, 0.25) is 11.8 Å². The largest absolute Gasteiger partial charge is 0.481 e. The van der Waals surface area contributed by atoms with Crippen molar-refractivity contribution < 1.29 is 13.9 Å². The molecule has 0 fully saturated rings. The van der Waals surface area contributed by atoms with Crippen molar-refractivity contribution in [3.63, 3.8) is 0 Å². The molecule has 0 saturated heterocycles. The number of nitrogens with two attached hydrogens (primary N) is 1. The zero-order valence-corrected chi connectivity index (χ0v) is 15.5. The van der Waals surface area contributed by atoms with Gasteiger partial charge in [-0.25, -0.2) is 9.37 Å². The second-order valence-corrected chi connectivity index (χ2v) is 6.57. The molecule has 1 aromatic heterocycles. The lowest BCUT2D eigenvalue weighted by Crippen LogP contribution is -2.13. The summed E-state index contributed by atoms with van der Waals surface area (Å²) in [6.45, 7) is 0. The number of benzene rings is 2. The normalized spacial score (nSPS) is 10.6. The highest BCUT2D eigenvalue weighted by molar-refractivity contribution is 6.30. The van der Waals surface area contributed by atoms with Gasteiger partial charge >= 0.3 is 0 Å². The van der Waals surface area contributed by atoms with Crippen LogP contribution in [0.2, 0.25) is 5.02 Å². The number of methoxy groups -OCH3 is 1. The first kappa shape index (κ1) is 18.9. The van der Waals surface area contributed by atoms with E-state index >= 15 is 0 Å². The van der Waals surface area contributed by atoms with Gasteiger partial charge < -0.3 is 10.5 Å². The van der Waals surface area contributed by atoms with E-state index < -0.39 is 5.82 Å². The van der Waals surface area contributed by atoms with Crippen molar-refractivity contribution in [2.24, 2.45) is 5.73 Å². The van der Waals surface area contributed by atoms with E-state index in [-0.39, 0.29) is 17.4 Å². The van der Waals surface area contributed by atoms with E-state index in [4.69, 9.17) is 22.1 Å². The van der Waals surface area contributed by atoms with Crippen molar-refractivity contribution in [2.75, 3.05) is 7.11 Å². The summed E-state index contributed by atoms with van der Waals surface area (Å²) in [5.41, 5.74) is 9.42. The summed E-state index contributed by atoms with van der Waals surface area (Å²) >= 11 is 5.77. The Kier molecular flexibility index (Phi) is 5.72. The number of rotatable bonds is 6. The van der Waals surface area contributed by atoms with Crippen molar-refractivity contribution >= 4 is 17.5 Å². The molecule has 0 aliphatic carbocycles. The second kappa shape index (κ2) is 8.18. The van der Waals surface area contributed by atoms with Crippen LogP contribution in [0.4, 0.5) is 4.39 Å². The molecule has 6 heteroatoms. The van der Waals surface area contributed by atoms with E-state index in [2.05, 4.69) is 4.98 Å². The number of primary amides is 1. The number of aromatic nitrogens is 1. The van der Waals surface area contributed by atoms with Crippen LogP contribution in [0.25, 0.3) is 11.1 Å². The fourth-order valence-electron chi connectivity index (χ4n) is 2.84. The summed E-state index contributed by atoms with van der Waals surface area (Å²) in [6, 6.07) is 14.2. The van der Waals surface area contributed by atoms with Gasteiger partial charge in [-0.2, -0.15) is 0 Å². The molecule has 3 rings (SSSR count). The van der Waals surface area contributed by atoms with Crippen molar-refractivity contribution in [2.45, 2.75) is 12.8 Å². The topological polar surface area (TPSA) is 65.2 Å². The molecule has 0 saturated carbocycles. The van der Waals surface area contributed by atoms with Crippen LogP contribution >= 0.6 is 11.6 Å². The maximum Gasteiger partial charge on any atom is 0.221 e. The van der Waals surface area contributed by atoms with Gasteiger partial charge in [0.05, 0.1) is 18.6 Å². The molecule has 0 unspecified atom stereocenters. The van der Waals surface area contributed by atoms with E-state index in [0.29, 0.717) is 23.4 Å². The molecule has 0 bridgehead atoms. The lowest BCUT2D eigenvalue weighted by atomic mass is 10.00. The predicted molar refractivity (Wildman–Crippen MR) is 103 cm³/mol. The minimum atomic E-state index is -0.494. The van der Waals surface area contributed by atoms with Crippen LogP contribution in [0.1, 0.15) is 16.7 Å². The van der Waals surface area contributed by atoms with E-state index in [1.165, 1.54) is 19.2 Å². The number of hydrogen-bond donors (Lipinski definition) is 1. The highest BCUT2D eigenvalue weighted by atomic mass is 35.5. The first-order chi connectivity index (χ1) is 13.0. The molecule has 0 aliphatic rings. The molecule has 4 nitrogen and oxygen atoms in total. The summed E-state index contributed by atoms with van der Waals surface area (Å²) < 4.78 is 19.2. The maximum atomic E-state index is 13.9. The van der Waals surface area contributed by atoms with Gasteiger partial charge in [-0.15, -0.1) is 0 Å². The van der Waals surface area contributed by atoms with E-state index in [0.717, 1.165) is 16.7 Å². The number of pyridine rings is 1. The Morgan fingerprint density at radius 1 is 1.11 bits per heavy atom. The third kappa shape index (κ3) is 4.63. The first-order valence-corrected chi connectivity index (χ1v) is 8.68. The summed E-state index contributed by atoms with van der Waals surface area (Å²) in [5.74, 6) is -0.439. The number of amides is 1. The molecular formula is C21H18ClFN2O2. The Hall–Kier alpha value is -2.92. The van der Waals surface area contributed by atoms with Gasteiger partial charge in [0.15, 0.2) is 0 Å². The van der Waals surface area contributed by atoms with Crippen LogP contribution in [0.15, 0.2) is 54.7 Å². The minimum Gasteiger partial charge on any atom is -0.481 e. The maximum absolute atomic E-state index is 13.9. The van der Waals surface area contributed by atoms with Crippen LogP contribution in [0, 0.1) is 5.82 Å². The molecule has 0 radical (unpaired) electrons. The summed E-state index contributed by atoms with van der Waals surface area (Å²) in [4.78, 5) is 15.3. The van der Waals surface area contributed by atoms with Crippen LogP contribution in [-0.4, -0.2) is 18.0 Å². The third-order valence-corrected chi connectivity index (χ3v) is 4.45. The highest BCUT2D eigenvalue weighted by Crippen LogP contribution is 2.31. The van der Waals surface area contributed by atoms with Crippen molar-refractivity contribution in [1.82, 2.24) is 4.98 Å². The zero-order valence-electron chi connectivity index (χ0n) is 14.7. The molecule has 138 valence electrons.